The molecule has 0 saturated heterocycles. The number of anilines is 1. The highest BCUT2D eigenvalue weighted by atomic mass is 19.2. The molecular formula is C12H8F3N5. The predicted octanol–water partition coefficient (Wildman–Crippen LogP) is 2.12. The van der Waals surface area contributed by atoms with Crippen LogP contribution in [0.25, 0.3) is 16.7 Å². The quantitative estimate of drug-likeness (QED) is 0.693. The first-order valence-electron chi connectivity index (χ1n) is 5.60. The zero-order valence-corrected chi connectivity index (χ0v) is 10.2. The lowest BCUT2D eigenvalue weighted by atomic mass is 10.3. The predicted molar refractivity (Wildman–Crippen MR) is 65.7 cm³/mol. The Morgan fingerprint density at radius 2 is 1.75 bits per heavy atom. The normalized spacial score (nSPS) is 11.2. The van der Waals surface area contributed by atoms with Crippen molar-refractivity contribution in [2.75, 3.05) is 5.73 Å². The van der Waals surface area contributed by atoms with Gasteiger partial charge >= 0.3 is 0 Å². The van der Waals surface area contributed by atoms with E-state index in [4.69, 9.17) is 5.73 Å². The van der Waals surface area contributed by atoms with Gasteiger partial charge in [0.2, 0.25) is 0 Å². The van der Waals surface area contributed by atoms with Crippen LogP contribution >= 0.6 is 0 Å². The summed E-state index contributed by atoms with van der Waals surface area (Å²) in [7, 11) is 0. The first-order valence-corrected chi connectivity index (χ1v) is 5.60. The summed E-state index contributed by atoms with van der Waals surface area (Å²) >= 11 is 0. The van der Waals surface area contributed by atoms with Gasteiger partial charge in [0, 0.05) is 12.1 Å². The molecule has 0 saturated carbocycles. The summed E-state index contributed by atoms with van der Waals surface area (Å²) in [6, 6.07) is 1.17. The van der Waals surface area contributed by atoms with Gasteiger partial charge in [0.15, 0.2) is 23.1 Å². The highest BCUT2D eigenvalue weighted by molar-refractivity contribution is 5.86. The summed E-state index contributed by atoms with van der Waals surface area (Å²) in [6.07, 6.45) is 1.34. The van der Waals surface area contributed by atoms with Crippen LogP contribution < -0.4 is 5.73 Å². The molecule has 8 heteroatoms. The molecule has 5 nitrogen and oxygen atoms in total. The van der Waals surface area contributed by atoms with Gasteiger partial charge in [-0.1, -0.05) is 0 Å². The summed E-state index contributed by atoms with van der Waals surface area (Å²) in [5.74, 6) is -2.86. The fourth-order valence-corrected chi connectivity index (χ4v) is 1.89. The average Bonchev–Trinajstić information content (AvgIpc) is 2.77. The largest absolute Gasteiger partial charge is 0.383 e. The molecule has 0 spiro atoms. The minimum Gasteiger partial charge on any atom is -0.383 e. The molecule has 0 bridgehead atoms. The molecule has 0 amide bonds. The second-order valence-corrected chi connectivity index (χ2v) is 4.17. The van der Waals surface area contributed by atoms with E-state index in [9.17, 15) is 13.2 Å². The Kier molecular flexibility index (Phi) is 2.60. The first-order chi connectivity index (χ1) is 9.47. The summed E-state index contributed by atoms with van der Waals surface area (Å²) in [4.78, 5) is 8.04. The molecule has 102 valence electrons. The van der Waals surface area contributed by atoms with E-state index >= 15 is 0 Å². The minimum absolute atomic E-state index is 0.182. The lowest BCUT2D eigenvalue weighted by Crippen LogP contribution is -2.04. The number of hydrogen-bond acceptors (Lipinski definition) is 4. The zero-order valence-electron chi connectivity index (χ0n) is 10.2. The monoisotopic (exact) mass is 279 g/mol. The molecule has 0 fully saturated rings. The third-order valence-electron chi connectivity index (χ3n) is 2.79. The van der Waals surface area contributed by atoms with E-state index in [1.54, 1.807) is 6.92 Å². The Morgan fingerprint density at radius 3 is 2.50 bits per heavy atom. The van der Waals surface area contributed by atoms with Crippen LogP contribution in [0.5, 0.6) is 0 Å². The second kappa shape index (κ2) is 4.19. The number of benzene rings is 1. The van der Waals surface area contributed by atoms with Crippen molar-refractivity contribution in [1.29, 1.82) is 0 Å². The third kappa shape index (κ3) is 1.77. The Morgan fingerprint density at radius 1 is 1.05 bits per heavy atom. The van der Waals surface area contributed by atoms with Crippen LogP contribution in [0.1, 0.15) is 5.82 Å². The number of aryl methyl sites for hydroxylation is 1. The number of aromatic nitrogens is 4. The maximum absolute atomic E-state index is 13.8. The van der Waals surface area contributed by atoms with E-state index in [1.807, 2.05) is 0 Å². The van der Waals surface area contributed by atoms with Crippen LogP contribution in [0, 0.1) is 24.4 Å². The van der Waals surface area contributed by atoms with E-state index in [0.717, 1.165) is 4.68 Å². The van der Waals surface area contributed by atoms with E-state index in [0.29, 0.717) is 23.3 Å². The van der Waals surface area contributed by atoms with Gasteiger partial charge in [0.25, 0.3) is 0 Å². The van der Waals surface area contributed by atoms with Gasteiger partial charge in [-0.05, 0) is 6.92 Å². The van der Waals surface area contributed by atoms with Crippen molar-refractivity contribution in [1.82, 2.24) is 19.7 Å². The molecule has 2 aromatic heterocycles. The van der Waals surface area contributed by atoms with Crippen molar-refractivity contribution in [3.8, 4) is 5.69 Å². The van der Waals surface area contributed by atoms with Crippen LogP contribution in [0.15, 0.2) is 18.3 Å². The number of rotatable bonds is 1. The number of nitrogen functional groups attached to an aromatic ring is 1. The van der Waals surface area contributed by atoms with Gasteiger partial charge in [-0.3, -0.25) is 0 Å². The molecule has 1 aromatic carbocycles. The Labute approximate surface area is 110 Å². The van der Waals surface area contributed by atoms with Crippen LogP contribution in [-0.2, 0) is 0 Å². The molecule has 0 aliphatic heterocycles. The van der Waals surface area contributed by atoms with E-state index in [2.05, 4.69) is 15.1 Å². The van der Waals surface area contributed by atoms with Crippen LogP contribution in [-0.4, -0.2) is 19.7 Å². The number of nitrogens with zero attached hydrogens (tertiary/aromatic N) is 4. The molecule has 3 aromatic rings. The van der Waals surface area contributed by atoms with Gasteiger partial charge in [-0.25, -0.2) is 27.8 Å². The highest BCUT2D eigenvalue weighted by Crippen LogP contribution is 2.23. The Balaban J connectivity index is 2.33. The maximum Gasteiger partial charge on any atom is 0.168 e. The summed E-state index contributed by atoms with van der Waals surface area (Å²) in [5.41, 5.74) is 5.68. The van der Waals surface area contributed by atoms with Crippen molar-refractivity contribution in [3.63, 3.8) is 0 Å². The molecular weight excluding hydrogens is 271 g/mol. The summed E-state index contributed by atoms with van der Waals surface area (Å²) < 4.78 is 41.1. The molecule has 0 radical (unpaired) electrons. The molecule has 0 aliphatic carbocycles. The summed E-state index contributed by atoms with van der Waals surface area (Å²) in [6.45, 7) is 1.61. The standard InChI is InChI=1S/C12H8F3N5/c1-5-18-11(16)6-4-17-20(12(6)19-5)10-3-8(14)7(13)2-9(10)15/h2-4H,1H3,(H2,16,18,19). The maximum atomic E-state index is 13.8. The Hall–Kier alpha value is -2.64. The zero-order chi connectivity index (χ0) is 14.4. The third-order valence-corrected chi connectivity index (χ3v) is 2.79. The Bertz CT molecular complexity index is 828. The van der Waals surface area contributed by atoms with Gasteiger partial charge in [0.05, 0.1) is 11.6 Å². The van der Waals surface area contributed by atoms with Crippen molar-refractivity contribution < 1.29 is 13.2 Å². The minimum atomic E-state index is -1.27. The molecule has 0 unspecified atom stereocenters. The lowest BCUT2D eigenvalue weighted by molar-refractivity contribution is 0.492. The second-order valence-electron chi connectivity index (χ2n) is 4.17. The number of nitrogens with two attached hydrogens (primary N) is 1. The molecule has 20 heavy (non-hydrogen) atoms. The number of halogens is 3. The van der Waals surface area contributed by atoms with Crippen molar-refractivity contribution >= 4 is 16.9 Å². The fraction of sp³-hybridized carbons (Fsp3) is 0.0833. The molecule has 0 atom stereocenters. The van der Waals surface area contributed by atoms with Gasteiger partial charge < -0.3 is 5.73 Å². The fourth-order valence-electron chi connectivity index (χ4n) is 1.89. The average molecular weight is 279 g/mol. The van der Waals surface area contributed by atoms with E-state index in [1.165, 1.54) is 6.20 Å². The van der Waals surface area contributed by atoms with E-state index in [-0.39, 0.29) is 17.2 Å². The van der Waals surface area contributed by atoms with Gasteiger partial charge in [-0.2, -0.15) is 5.10 Å². The first kappa shape index (κ1) is 12.4. The number of fused-ring (bicyclic) bond motifs is 1. The SMILES string of the molecule is Cc1nc(N)c2cnn(-c3cc(F)c(F)cc3F)c2n1. The van der Waals surface area contributed by atoms with E-state index < -0.39 is 17.5 Å². The van der Waals surface area contributed by atoms with Crippen LogP contribution in [0.3, 0.4) is 0 Å². The van der Waals surface area contributed by atoms with Crippen LogP contribution in [0.2, 0.25) is 0 Å². The molecule has 2 heterocycles. The summed E-state index contributed by atoms with van der Waals surface area (Å²) in [5, 5.41) is 4.31. The highest BCUT2D eigenvalue weighted by Gasteiger charge is 2.16. The van der Waals surface area contributed by atoms with Crippen molar-refractivity contribution in [3.05, 3.63) is 41.6 Å². The molecule has 2 N–H and O–H groups in total. The smallest absolute Gasteiger partial charge is 0.168 e. The van der Waals surface area contributed by atoms with Gasteiger partial charge in [-0.15, -0.1) is 0 Å². The van der Waals surface area contributed by atoms with Crippen molar-refractivity contribution in [2.45, 2.75) is 6.92 Å². The molecule has 3 rings (SSSR count). The number of hydrogen-bond donors (Lipinski definition) is 1. The van der Waals surface area contributed by atoms with Crippen LogP contribution in [0.4, 0.5) is 19.0 Å². The topological polar surface area (TPSA) is 69.6 Å². The lowest BCUT2D eigenvalue weighted by Gasteiger charge is -2.06. The molecule has 0 aliphatic rings. The van der Waals surface area contributed by atoms with Gasteiger partial charge in [0.1, 0.15) is 17.3 Å². The van der Waals surface area contributed by atoms with Crippen molar-refractivity contribution in [2.24, 2.45) is 0 Å².